The van der Waals surface area contributed by atoms with Crippen LogP contribution in [0.15, 0.2) is 28.8 Å². The normalized spacial score (nSPS) is 18.6. The van der Waals surface area contributed by atoms with E-state index >= 15 is 0 Å². The first-order chi connectivity index (χ1) is 12.0. The summed E-state index contributed by atoms with van der Waals surface area (Å²) in [5, 5.41) is 7.38. The molecule has 0 amide bonds. The summed E-state index contributed by atoms with van der Waals surface area (Å²) in [5.41, 5.74) is 0.874. The van der Waals surface area contributed by atoms with E-state index in [0.717, 1.165) is 0 Å². The van der Waals surface area contributed by atoms with Gasteiger partial charge < -0.3 is 24.3 Å². The molecule has 2 N–H and O–H groups in total. The van der Waals surface area contributed by atoms with E-state index in [1.807, 2.05) is 0 Å². The van der Waals surface area contributed by atoms with Gasteiger partial charge in [0, 0.05) is 17.4 Å². The molecule has 3 aromatic rings. The quantitative estimate of drug-likeness (QED) is 0.752. The van der Waals surface area contributed by atoms with Gasteiger partial charge in [0.15, 0.2) is 5.82 Å². The maximum atomic E-state index is 12.5. The highest BCUT2D eigenvalue weighted by Gasteiger charge is 2.32. The Labute approximate surface area is 139 Å². The zero-order valence-corrected chi connectivity index (χ0v) is 12.8. The second-order valence-corrected chi connectivity index (χ2v) is 5.49. The number of alkyl halides is 3. The van der Waals surface area contributed by atoms with Gasteiger partial charge >= 0.3 is 6.36 Å². The monoisotopic (exact) mass is 354 g/mol. The van der Waals surface area contributed by atoms with Crippen molar-refractivity contribution in [3.63, 3.8) is 0 Å². The molecule has 10 heteroatoms. The molecule has 0 saturated carbocycles. The Kier molecular flexibility index (Phi) is 3.85. The van der Waals surface area contributed by atoms with Crippen LogP contribution in [0.4, 0.5) is 13.2 Å². The number of ether oxygens (including phenoxy) is 2. The number of hydrogen-bond donors (Lipinski definition) is 2. The molecule has 0 aliphatic carbocycles. The van der Waals surface area contributed by atoms with Crippen molar-refractivity contribution in [3.05, 3.63) is 30.1 Å². The first-order valence-corrected chi connectivity index (χ1v) is 7.52. The first kappa shape index (κ1) is 15.9. The Bertz CT molecular complexity index is 884. The lowest BCUT2D eigenvalue weighted by molar-refractivity contribution is -0.274. The molecule has 132 valence electrons. The first-order valence-electron chi connectivity index (χ1n) is 7.52. The minimum atomic E-state index is -4.77. The van der Waals surface area contributed by atoms with Gasteiger partial charge in [-0.15, -0.1) is 13.2 Å². The van der Waals surface area contributed by atoms with Gasteiger partial charge in [-0.1, -0.05) is 11.2 Å². The molecular formula is C15H13F3N4O3. The maximum absolute atomic E-state index is 12.5. The fraction of sp³-hybridized carbons (Fsp3) is 0.333. The van der Waals surface area contributed by atoms with Crippen molar-refractivity contribution in [2.45, 2.75) is 12.4 Å². The van der Waals surface area contributed by atoms with Crippen LogP contribution < -0.4 is 10.1 Å². The Morgan fingerprint density at radius 1 is 1.28 bits per heavy atom. The number of nitrogens with one attached hydrogen (secondary N) is 2. The fourth-order valence-electron chi connectivity index (χ4n) is 2.67. The number of aromatic nitrogens is 3. The molecule has 1 saturated heterocycles. The number of fused-ring (bicyclic) bond motifs is 1. The minimum absolute atomic E-state index is 0.177. The van der Waals surface area contributed by atoms with Crippen molar-refractivity contribution in [1.82, 2.24) is 20.4 Å². The van der Waals surface area contributed by atoms with Crippen LogP contribution in [0.1, 0.15) is 11.9 Å². The third-order valence-electron chi connectivity index (χ3n) is 3.76. The molecule has 7 nitrogen and oxygen atoms in total. The molecule has 1 aromatic carbocycles. The number of nitrogens with zero attached hydrogens (tertiary/aromatic N) is 2. The molecular weight excluding hydrogens is 341 g/mol. The Morgan fingerprint density at radius 3 is 2.92 bits per heavy atom. The van der Waals surface area contributed by atoms with Crippen LogP contribution in [0.3, 0.4) is 0 Å². The molecule has 1 unspecified atom stereocenters. The van der Waals surface area contributed by atoms with E-state index in [1.54, 1.807) is 6.07 Å². The Balaban J connectivity index is 1.66. The summed E-state index contributed by atoms with van der Waals surface area (Å²) in [6, 6.07) is 5.65. The highest BCUT2D eigenvalue weighted by atomic mass is 19.4. The number of benzene rings is 1. The van der Waals surface area contributed by atoms with E-state index in [2.05, 4.69) is 25.2 Å². The Hall–Kier alpha value is -2.59. The van der Waals surface area contributed by atoms with Crippen molar-refractivity contribution in [2.24, 2.45) is 0 Å². The molecule has 0 bridgehead atoms. The second-order valence-electron chi connectivity index (χ2n) is 5.49. The third-order valence-corrected chi connectivity index (χ3v) is 3.76. The standard InChI is InChI=1S/C15H13F3N4O3/c16-15(17,18)24-12-3-1-2-9-8(12)6-10(20-9)14-21-13(22-25-14)11-7-23-5-4-19-11/h1-3,6,11,19-20H,4-5,7H2. The molecule has 0 spiro atoms. The number of aromatic amines is 1. The summed E-state index contributed by atoms with van der Waals surface area (Å²) >= 11 is 0. The van der Waals surface area contributed by atoms with E-state index < -0.39 is 6.36 Å². The van der Waals surface area contributed by atoms with Gasteiger partial charge in [-0.2, -0.15) is 4.98 Å². The summed E-state index contributed by atoms with van der Waals surface area (Å²) in [4.78, 5) is 7.25. The predicted molar refractivity (Wildman–Crippen MR) is 79.8 cm³/mol. The number of rotatable bonds is 3. The van der Waals surface area contributed by atoms with Crippen LogP contribution in [-0.2, 0) is 4.74 Å². The van der Waals surface area contributed by atoms with Crippen LogP contribution in [0.2, 0.25) is 0 Å². The molecule has 4 rings (SSSR count). The smallest absolute Gasteiger partial charge is 0.405 e. The lowest BCUT2D eigenvalue weighted by atomic mass is 10.2. The number of hydrogen-bond acceptors (Lipinski definition) is 6. The van der Waals surface area contributed by atoms with E-state index in [9.17, 15) is 13.2 Å². The van der Waals surface area contributed by atoms with Gasteiger partial charge in [0.25, 0.3) is 5.89 Å². The summed E-state index contributed by atoms with van der Waals surface area (Å²) in [6.07, 6.45) is -4.77. The summed E-state index contributed by atoms with van der Waals surface area (Å²) < 4.78 is 52.2. The van der Waals surface area contributed by atoms with E-state index in [0.29, 0.717) is 36.8 Å². The average Bonchev–Trinajstić information content (AvgIpc) is 3.21. The van der Waals surface area contributed by atoms with Crippen molar-refractivity contribution in [3.8, 4) is 17.3 Å². The summed E-state index contributed by atoms with van der Waals surface area (Å²) in [5.74, 6) is 0.311. The van der Waals surface area contributed by atoms with Crippen molar-refractivity contribution in [1.29, 1.82) is 0 Å². The van der Waals surface area contributed by atoms with Gasteiger partial charge in [0.1, 0.15) is 11.4 Å². The maximum Gasteiger partial charge on any atom is 0.573 e. The summed E-state index contributed by atoms with van der Waals surface area (Å²) in [7, 11) is 0. The third kappa shape index (κ3) is 3.30. The summed E-state index contributed by atoms with van der Waals surface area (Å²) in [6.45, 7) is 1.72. The SMILES string of the molecule is FC(F)(F)Oc1cccc2[nH]c(-c3nc(C4COCCN4)no3)cc12. The molecule has 1 aliphatic heterocycles. The van der Waals surface area contributed by atoms with Crippen molar-refractivity contribution < 1.29 is 27.2 Å². The number of morpholine rings is 1. The number of H-pyrrole nitrogens is 1. The van der Waals surface area contributed by atoms with Gasteiger partial charge in [-0.3, -0.25) is 0 Å². The van der Waals surface area contributed by atoms with Crippen molar-refractivity contribution in [2.75, 3.05) is 19.8 Å². The predicted octanol–water partition coefficient (Wildman–Crippen LogP) is 2.78. The van der Waals surface area contributed by atoms with Crippen LogP contribution in [0.5, 0.6) is 5.75 Å². The zero-order chi connectivity index (χ0) is 17.4. The topological polar surface area (TPSA) is 85.2 Å². The zero-order valence-electron chi connectivity index (χ0n) is 12.8. The number of halogens is 3. The van der Waals surface area contributed by atoms with E-state index in [-0.39, 0.29) is 23.1 Å². The molecule has 0 radical (unpaired) electrons. The average molecular weight is 354 g/mol. The highest BCUT2D eigenvalue weighted by Crippen LogP contribution is 2.33. The van der Waals surface area contributed by atoms with Gasteiger partial charge in [0.2, 0.25) is 0 Å². The lowest BCUT2D eigenvalue weighted by Gasteiger charge is -2.20. The molecule has 1 atom stereocenters. The lowest BCUT2D eigenvalue weighted by Crippen LogP contribution is -2.35. The second kappa shape index (κ2) is 6.05. The Morgan fingerprint density at radius 2 is 2.16 bits per heavy atom. The van der Waals surface area contributed by atoms with Crippen LogP contribution in [-0.4, -0.2) is 41.2 Å². The fourth-order valence-corrected chi connectivity index (χ4v) is 2.67. The molecule has 1 aliphatic rings. The van der Waals surface area contributed by atoms with Crippen LogP contribution in [0, 0.1) is 0 Å². The molecule has 2 aromatic heterocycles. The van der Waals surface area contributed by atoms with E-state index in [4.69, 9.17) is 9.26 Å². The van der Waals surface area contributed by atoms with E-state index in [1.165, 1.54) is 18.2 Å². The van der Waals surface area contributed by atoms with Gasteiger partial charge in [-0.25, -0.2) is 0 Å². The minimum Gasteiger partial charge on any atom is -0.405 e. The van der Waals surface area contributed by atoms with Gasteiger partial charge in [-0.05, 0) is 18.2 Å². The molecule has 3 heterocycles. The largest absolute Gasteiger partial charge is 0.573 e. The molecule has 25 heavy (non-hydrogen) atoms. The van der Waals surface area contributed by atoms with Crippen molar-refractivity contribution >= 4 is 10.9 Å². The van der Waals surface area contributed by atoms with Gasteiger partial charge in [0.05, 0.1) is 19.3 Å². The highest BCUT2D eigenvalue weighted by molar-refractivity contribution is 5.89. The molecule has 1 fully saturated rings. The van der Waals surface area contributed by atoms with Crippen LogP contribution >= 0.6 is 0 Å². The van der Waals surface area contributed by atoms with Crippen LogP contribution in [0.25, 0.3) is 22.5 Å².